The zero-order chi connectivity index (χ0) is 32.9. The molecule has 1 aliphatic heterocycles. The van der Waals surface area contributed by atoms with Crippen molar-refractivity contribution >= 4 is 45.7 Å². The third-order valence-electron chi connectivity index (χ3n) is 7.76. The van der Waals surface area contributed by atoms with Crippen molar-refractivity contribution in [2.45, 2.75) is 29.7 Å². The molecule has 2 heterocycles. The van der Waals surface area contributed by atoms with Gasteiger partial charge in [0.05, 0.1) is 25.8 Å². The third kappa shape index (κ3) is 6.72. The van der Waals surface area contributed by atoms with Gasteiger partial charge in [0.2, 0.25) is 5.13 Å². The number of hydrogen-bond donors (Lipinski definition) is 1. The summed E-state index contributed by atoms with van der Waals surface area (Å²) in [5, 5.41) is 20.5. The summed E-state index contributed by atoms with van der Waals surface area (Å²) in [5.41, 5.74) is 4.10. The second-order valence-corrected chi connectivity index (χ2v) is 12.8. The van der Waals surface area contributed by atoms with Crippen molar-refractivity contribution in [3.8, 4) is 17.2 Å². The number of ether oxygens (including phenoxy) is 3. The Labute approximate surface area is 280 Å². The standard InChI is InChI=1S/C36H31N3O6S2/c1-22-9-7-8-12-26(22)20-45-27-16-13-24(14-17-27)32(40)30-31(25-15-18-28(43-2)29(19-25)44-3)39(34(42)33(30)41)35-37-38-36(47-35)46-21-23-10-5-4-6-11-23/h4-19,31,40H,20-21H2,1-3H3. The highest BCUT2D eigenvalue weighted by Crippen LogP contribution is 2.45. The summed E-state index contributed by atoms with van der Waals surface area (Å²) < 4.78 is 17.5. The summed E-state index contributed by atoms with van der Waals surface area (Å²) in [4.78, 5) is 28.7. The number of benzene rings is 4. The molecule has 0 saturated carbocycles. The van der Waals surface area contributed by atoms with Gasteiger partial charge in [-0.3, -0.25) is 14.5 Å². The number of thioether (sulfide) groups is 1. The van der Waals surface area contributed by atoms with Gasteiger partial charge < -0.3 is 19.3 Å². The van der Waals surface area contributed by atoms with Crippen molar-refractivity contribution in [3.05, 3.63) is 130 Å². The van der Waals surface area contributed by atoms with Gasteiger partial charge in [0.25, 0.3) is 5.78 Å². The third-order valence-corrected chi connectivity index (χ3v) is 9.89. The molecule has 1 aliphatic rings. The van der Waals surface area contributed by atoms with Gasteiger partial charge >= 0.3 is 5.91 Å². The van der Waals surface area contributed by atoms with E-state index in [1.807, 2.05) is 61.5 Å². The minimum absolute atomic E-state index is 0.0792. The first-order valence-corrected chi connectivity index (χ1v) is 16.5. The van der Waals surface area contributed by atoms with Crippen LogP contribution in [0, 0.1) is 6.92 Å². The fourth-order valence-corrected chi connectivity index (χ4v) is 7.07. The fourth-order valence-electron chi connectivity index (χ4n) is 5.24. The first kappa shape index (κ1) is 31.8. The number of aliphatic hydroxyl groups excluding tert-OH is 1. The highest BCUT2D eigenvalue weighted by Gasteiger charge is 2.48. The van der Waals surface area contributed by atoms with E-state index in [1.54, 1.807) is 42.5 Å². The average Bonchev–Trinajstić information content (AvgIpc) is 3.68. The van der Waals surface area contributed by atoms with Gasteiger partial charge in [-0.05, 0) is 65.6 Å². The molecule has 11 heteroatoms. The van der Waals surface area contributed by atoms with Crippen LogP contribution in [0.1, 0.15) is 33.9 Å². The lowest BCUT2D eigenvalue weighted by molar-refractivity contribution is -0.132. The van der Waals surface area contributed by atoms with Crippen LogP contribution >= 0.6 is 23.1 Å². The van der Waals surface area contributed by atoms with Gasteiger partial charge in [-0.1, -0.05) is 83.8 Å². The molecular weight excluding hydrogens is 635 g/mol. The van der Waals surface area contributed by atoms with Crippen LogP contribution in [-0.4, -0.2) is 41.2 Å². The molecule has 4 aromatic carbocycles. The van der Waals surface area contributed by atoms with Crippen molar-refractivity contribution in [1.82, 2.24) is 10.2 Å². The lowest BCUT2D eigenvalue weighted by atomic mass is 9.95. The maximum atomic E-state index is 13.7. The highest BCUT2D eigenvalue weighted by molar-refractivity contribution is 8.00. The number of aryl methyl sites for hydroxylation is 1. The molecule has 238 valence electrons. The van der Waals surface area contributed by atoms with E-state index in [2.05, 4.69) is 10.2 Å². The monoisotopic (exact) mass is 665 g/mol. The Balaban J connectivity index is 1.34. The summed E-state index contributed by atoms with van der Waals surface area (Å²) >= 11 is 2.69. The van der Waals surface area contributed by atoms with Crippen molar-refractivity contribution in [2.75, 3.05) is 19.1 Å². The molecule has 0 spiro atoms. The van der Waals surface area contributed by atoms with Gasteiger partial charge in [-0.2, -0.15) is 0 Å². The minimum atomic E-state index is -1.01. The Morgan fingerprint density at radius 2 is 1.62 bits per heavy atom. The zero-order valence-corrected chi connectivity index (χ0v) is 27.5. The second-order valence-electron chi connectivity index (χ2n) is 10.6. The summed E-state index contributed by atoms with van der Waals surface area (Å²) in [6, 6.07) is 28.8. The molecule has 0 radical (unpaired) electrons. The molecule has 0 bridgehead atoms. The van der Waals surface area contributed by atoms with E-state index >= 15 is 0 Å². The molecule has 0 aliphatic carbocycles. The number of Topliss-reactive ketones (excluding diaryl/α,β-unsaturated/α-hetero) is 1. The van der Waals surface area contributed by atoms with Crippen LogP contribution in [0.4, 0.5) is 5.13 Å². The zero-order valence-electron chi connectivity index (χ0n) is 25.9. The number of carbonyl (C=O) groups excluding carboxylic acids is 2. The summed E-state index contributed by atoms with van der Waals surface area (Å²) in [7, 11) is 3.02. The van der Waals surface area contributed by atoms with Crippen LogP contribution in [0.3, 0.4) is 0 Å². The van der Waals surface area contributed by atoms with Gasteiger partial charge in [0.1, 0.15) is 18.1 Å². The van der Waals surface area contributed by atoms with Crippen LogP contribution in [0.25, 0.3) is 5.76 Å². The van der Waals surface area contributed by atoms with Gasteiger partial charge in [-0.25, -0.2) is 0 Å². The van der Waals surface area contributed by atoms with Gasteiger partial charge in [0.15, 0.2) is 15.8 Å². The molecule has 1 unspecified atom stereocenters. The SMILES string of the molecule is COc1ccc(C2C(=C(O)c3ccc(OCc4ccccc4C)cc3)C(=O)C(=O)N2c2nnc(SCc3ccccc3)s2)cc1OC. The number of ketones is 1. The Kier molecular flexibility index (Phi) is 9.55. The second kappa shape index (κ2) is 14.1. The predicted octanol–water partition coefficient (Wildman–Crippen LogP) is 7.36. The number of aliphatic hydroxyl groups is 1. The average molecular weight is 666 g/mol. The van der Waals surface area contributed by atoms with Gasteiger partial charge in [0, 0.05) is 11.3 Å². The smallest absolute Gasteiger partial charge is 0.301 e. The Bertz CT molecular complexity index is 1940. The van der Waals surface area contributed by atoms with Crippen molar-refractivity contribution in [3.63, 3.8) is 0 Å². The Morgan fingerprint density at radius 3 is 2.34 bits per heavy atom. The molecular formula is C36H31N3O6S2. The van der Waals surface area contributed by atoms with Crippen LogP contribution in [-0.2, 0) is 21.9 Å². The van der Waals surface area contributed by atoms with Gasteiger partial charge in [-0.15, -0.1) is 10.2 Å². The number of aromatic nitrogens is 2. The van der Waals surface area contributed by atoms with E-state index in [-0.39, 0.29) is 16.5 Å². The Hall–Kier alpha value is -5.13. The number of hydrogen-bond acceptors (Lipinski definition) is 10. The predicted molar refractivity (Wildman–Crippen MR) is 182 cm³/mol. The number of nitrogens with zero attached hydrogens (tertiary/aromatic N) is 3. The van der Waals surface area contributed by atoms with E-state index in [9.17, 15) is 14.7 Å². The van der Waals surface area contributed by atoms with E-state index in [0.29, 0.717) is 45.1 Å². The molecule has 1 fully saturated rings. The van der Waals surface area contributed by atoms with Crippen molar-refractivity contribution in [2.24, 2.45) is 0 Å². The largest absolute Gasteiger partial charge is 0.507 e. The molecule has 9 nitrogen and oxygen atoms in total. The molecule has 1 amide bonds. The van der Waals surface area contributed by atoms with E-state index < -0.39 is 17.7 Å². The molecule has 5 aromatic rings. The number of methoxy groups -OCH3 is 2. The van der Waals surface area contributed by atoms with Crippen molar-refractivity contribution in [1.29, 1.82) is 0 Å². The first-order valence-electron chi connectivity index (χ1n) is 14.7. The van der Waals surface area contributed by atoms with E-state index in [0.717, 1.165) is 16.7 Å². The quantitative estimate of drug-likeness (QED) is 0.0509. The maximum Gasteiger partial charge on any atom is 0.301 e. The Morgan fingerprint density at radius 1 is 0.894 bits per heavy atom. The lowest BCUT2D eigenvalue weighted by Gasteiger charge is -2.23. The van der Waals surface area contributed by atoms with Crippen LogP contribution < -0.4 is 19.1 Å². The topological polar surface area (TPSA) is 111 Å². The molecule has 1 saturated heterocycles. The van der Waals surface area contributed by atoms with Crippen molar-refractivity contribution < 1.29 is 28.9 Å². The lowest BCUT2D eigenvalue weighted by Crippen LogP contribution is -2.29. The molecule has 6 rings (SSSR count). The van der Waals surface area contributed by atoms with E-state index in [1.165, 1.54) is 42.2 Å². The highest BCUT2D eigenvalue weighted by atomic mass is 32.2. The molecule has 47 heavy (non-hydrogen) atoms. The summed E-state index contributed by atoms with van der Waals surface area (Å²) in [5.74, 6) is 0.163. The number of anilines is 1. The maximum absolute atomic E-state index is 13.7. The number of rotatable bonds is 11. The number of amides is 1. The van der Waals surface area contributed by atoms with E-state index in [4.69, 9.17) is 14.2 Å². The van der Waals surface area contributed by atoms with Crippen LogP contribution in [0.15, 0.2) is 107 Å². The summed E-state index contributed by atoms with van der Waals surface area (Å²) in [6.07, 6.45) is 0. The minimum Gasteiger partial charge on any atom is -0.507 e. The molecule has 1 N–H and O–H groups in total. The first-order chi connectivity index (χ1) is 22.9. The number of carbonyl (C=O) groups is 2. The van der Waals surface area contributed by atoms with Crippen LogP contribution in [0.5, 0.6) is 17.2 Å². The summed E-state index contributed by atoms with van der Waals surface area (Å²) in [6.45, 7) is 2.41. The molecule has 1 atom stereocenters. The van der Waals surface area contributed by atoms with Crippen LogP contribution in [0.2, 0.25) is 0 Å². The fraction of sp³-hybridized carbons (Fsp3) is 0.167. The normalized spacial score (nSPS) is 15.6. The molecule has 1 aromatic heterocycles.